The van der Waals surface area contributed by atoms with Gasteiger partial charge in [0, 0.05) is 24.1 Å². The molecule has 10 heteroatoms. The van der Waals surface area contributed by atoms with Crippen molar-refractivity contribution in [2.24, 2.45) is 0 Å². The van der Waals surface area contributed by atoms with E-state index >= 15 is 0 Å². The Labute approximate surface area is 226 Å². The van der Waals surface area contributed by atoms with Gasteiger partial charge in [-0.2, -0.15) is 0 Å². The van der Waals surface area contributed by atoms with Crippen molar-refractivity contribution in [1.29, 1.82) is 0 Å². The van der Waals surface area contributed by atoms with Crippen LogP contribution in [-0.2, 0) is 41.5 Å². The maximum atomic E-state index is 13.2. The predicted molar refractivity (Wildman–Crippen MR) is 144 cm³/mol. The average molecular weight is 543 g/mol. The Kier molecular flexibility index (Phi) is 13.3. The summed E-state index contributed by atoms with van der Waals surface area (Å²) in [5.41, 5.74) is 4.11. The third kappa shape index (κ3) is 10.2. The van der Waals surface area contributed by atoms with Crippen LogP contribution in [0.2, 0.25) is 5.02 Å². The molecular weight excluding hydrogens is 512 g/mol. The van der Waals surface area contributed by atoms with E-state index < -0.39 is 5.97 Å². The minimum Gasteiger partial charge on any atom is -0.478 e. The topological polar surface area (TPSA) is 122 Å². The number of aliphatic carboxylic acids is 1. The van der Waals surface area contributed by atoms with Crippen LogP contribution in [0.4, 0.5) is 11.4 Å². The second-order valence-corrected chi connectivity index (χ2v) is 8.40. The average Bonchev–Trinajstić information content (AvgIpc) is 3.05. The van der Waals surface area contributed by atoms with Gasteiger partial charge in [0.1, 0.15) is 6.26 Å². The Balaban J connectivity index is 0.000000550. The van der Waals surface area contributed by atoms with E-state index in [9.17, 15) is 19.2 Å². The fraction of sp³-hybridized carbons (Fsp3) is 0.286. The van der Waals surface area contributed by atoms with Gasteiger partial charge in [-0.05, 0) is 62.1 Å². The van der Waals surface area contributed by atoms with Crippen molar-refractivity contribution < 1.29 is 33.8 Å². The number of hydrogen-bond acceptors (Lipinski definition) is 7. The SMILES string of the molecule is CCOC(=O)/C=C/CNCCCC(=O)N1c2ccccc2CCc2ccc(Cl)cc21.O=CO/C=C\C(=O)O. The van der Waals surface area contributed by atoms with Crippen LogP contribution in [0.1, 0.15) is 30.9 Å². The number of halogens is 1. The number of fused-ring (bicyclic) bond motifs is 2. The lowest BCUT2D eigenvalue weighted by atomic mass is 10.0. The molecule has 0 atom stereocenters. The highest BCUT2D eigenvalue weighted by Crippen LogP contribution is 2.38. The number of amides is 1. The van der Waals surface area contributed by atoms with Crippen molar-refractivity contribution in [1.82, 2.24) is 5.32 Å². The van der Waals surface area contributed by atoms with E-state index in [1.165, 1.54) is 11.6 Å². The Bertz CT molecular complexity index is 1160. The lowest BCUT2D eigenvalue weighted by Crippen LogP contribution is -2.27. The third-order valence-electron chi connectivity index (χ3n) is 5.33. The maximum Gasteiger partial charge on any atom is 0.331 e. The van der Waals surface area contributed by atoms with Gasteiger partial charge in [-0.3, -0.25) is 14.5 Å². The molecule has 0 bridgehead atoms. The number of carboxylic acids is 1. The molecule has 2 aromatic rings. The van der Waals surface area contributed by atoms with Crippen LogP contribution < -0.4 is 10.2 Å². The van der Waals surface area contributed by atoms with Crippen molar-refractivity contribution in [3.63, 3.8) is 0 Å². The van der Waals surface area contributed by atoms with Crippen molar-refractivity contribution in [3.05, 3.63) is 83.1 Å². The lowest BCUT2D eigenvalue weighted by molar-refractivity contribution is -0.137. The largest absolute Gasteiger partial charge is 0.478 e. The van der Waals surface area contributed by atoms with Gasteiger partial charge in [0.25, 0.3) is 6.47 Å². The van der Waals surface area contributed by atoms with Crippen molar-refractivity contribution in [3.8, 4) is 0 Å². The molecule has 0 fully saturated rings. The van der Waals surface area contributed by atoms with Crippen LogP contribution in [0, 0.1) is 0 Å². The summed E-state index contributed by atoms with van der Waals surface area (Å²) in [7, 11) is 0. The van der Waals surface area contributed by atoms with Gasteiger partial charge in [0.2, 0.25) is 5.91 Å². The minimum atomic E-state index is -1.15. The molecule has 2 aromatic carbocycles. The first kappa shape index (κ1) is 30.3. The molecule has 0 aliphatic carbocycles. The summed E-state index contributed by atoms with van der Waals surface area (Å²) >= 11 is 6.26. The van der Waals surface area contributed by atoms with E-state index in [1.54, 1.807) is 13.0 Å². The zero-order valence-electron chi connectivity index (χ0n) is 21.1. The molecule has 9 nitrogen and oxygen atoms in total. The highest BCUT2D eigenvalue weighted by molar-refractivity contribution is 6.31. The Morgan fingerprint density at radius 1 is 1.08 bits per heavy atom. The maximum absolute atomic E-state index is 13.2. The number of anilines is 2. The molecule has 202 valence electrons. The molecule has 3 rings (SSSR count). The molecule has 1 heterocycles. The van der Waals surface area contributed by atoms with E-state index in [2.05, 4.69) is 16.1 Å². The fourth-order valence-corrected chi connectivity index (χ4v) is 3.87. The lowest BCUT2D eigenvalue weighted by Gasteiger charge is -2.25. The van der Waals surface area contributed by atoms with Crippen LogP contribution in [-0.4, -0.2) is 49.1 Å². The Morgan fingerprint density at radius 2 is 1.82 bits per heavy atom. The summed E-state index contributed by atoms with van der Waals surface area (Å²) in [5, 5.41) is 11.7. The molecular formula is C28H31ClN2O7. The van der Waals surface area contributed by atoms with Gasteiger partial charge in [-0.15, -0.1) is 0 Å². The number of benzene rings is 2. The number of rotatable bonds is 11. The van der Waals surface area contributed by atoms with Gasteiger partial charge >= 0.3 is 11.9 Å². The quantitative estimate of drug-likeness (QED) is 0.141. The second kappa shape index (κ2) is 16.7. The van der Waals surface area contributed by atoms with Crippen LogP contribution in [0.5, 0.6) is 0 Å². The molecule has 1 aliphatic rings. The zero-order valence-corrected chi connectivity index (χ0v) is 21.9. The smallest absolute Gasteiger partial charge is 0.331 e. The molecule has 38 heavy (non-hydrogen) atoms. The first-order valence-electron chi connectivity index (χ1n) is 12.1. The Hall–Kier alpha value is -3.95. The highest BCUT2D eigenvalue weighted by Gasteiger charge is 2.25. The van der Waals surface area contributed by atoms with Crippen molar-refractivity contribution >= 4 is 47.3 Å². The monoisotopic (exact) mass is 542 g/mol. The van der Waals surface area contributed by atoms with Crippen molar-refractivity contribution in [2.45, 2.75) is 32.6 Å². The van der Waals surface area contributed by atoms with Gasteiger partial charge in [-0.1, -0.05) is 41.9 Å². The van der Waals surface area contributed by atoms with Gasteiger partial charge in [-0.25, -0.2) is 9.59 Å². The van der Waals surface area contributed by atoms with E-state index in [1.807, 2.05) is 41.3 Å². The standard InChI is InChI=1S/C24H27ClN2O3.C4H4O4/c1-2-30-24(29)10-6-16-26-15-5-9-23(28)27-21-8-4-3-7-18(21)11-12-19-13-14-20(25)17-22(19)27;5-3-8-2-1-4(6)7/h3-4,6-8,10,13-14,17,26H,2,5,9,11-12,15-16H2,1H3;1-3H,(H,6,7)/b10-6+;2-1-. The Morgan fingerprint density at radius 3 is 2.53 bits per heavy atom. The summed E-state index contributed by atoms with van der Waals surface area (Å²) in [6.45, 7) is 3.51. The van der Waals surface area contributed by atoms with Crippen LogP contribution >= 0.6 is 11.6 Å². The number of carbonyl (C=O) groups excluding carboxylic acids is 3. The second-order valence-electron chi connectivity index (χ2n) is 7.97. The molecule has 1 amide bonds. The first-order valence-corrected chi connectivity index (χ1v) is 12.5. The van der Waals surface area contributed by atoms with E-state index in [-0.39, 0.29) is 18.3 Å². The summed E-state index contributed by atoms with van der Waals surface area (Å²) in [6, 6.07) is 13.8. The molecule has 0 spiro atoms. The van der Waals surface area contributed by atoms with Gasteiger partial charge in [0.05, 0.1) is 24.1 Å². The predicted octanol–water partition coefficient (Wildman–Crippen LogP) is 4.35. The zero-order chi connectivity index (χ0) is 27.8. The van der Waals surface area contributed by atoms with Crippen LogP contribution in [0.25, 0.3) is 0 Å². The summed E-state index contributed by atoms with van der Waals surface area (Å²) in [4.78, 5) is 45.2. The number of nitrogens with one attached hydrogen (secondary N) is 1. The molecule has 0 unspecified atom stereocenters. The number of nitrogens with zero attached hydrogens (tertiary/aromatic N) is 1. The van der Waals surface area contributed by atoms with Gasteiger partial charge < -0.3 is 19.9 Å². The molecule has 0 saturated heterocycles. The van der Waals surface area contributed by atoms with E-state index in [0.717, 1.165) is 36.0 Å². The number of carbonyl (C=O) groups is 4. The van der Waals surface area contributed by atoms with Crippen LogP contribution in [0.3, 0.4) is 0 Å². The molecule has 2 N–H and O–H groups in total. The number of hydrogen-bond donors (Lipinski definition) is 2. The van der Waals surface area contributed by atoms with Crippen LogP contribution in [0.15, 0.2) is 67.0 Å². The molecule has 0 saturated carbocycles. The highest BCUT2D eigenvalue weighted by atomic mass is 35.5. The first-order chi connectivity index (χ1) is 18.4. The number of carboxylic acid groups (broad SMARTS) is 1. The number of esters is 1. The molecule has 0 radical (unpaired) electrons. The summed E-state index contributed by atoms with van der Waals surface area (Å²) in [5.74, 6) is -1.43. The summed E-state index contributed by atoms with van der Waals surface area (Å²) < 4.78 is 8.73. The number of ether oxygens (including phenoxy) is 2. The molecule has 1 aliphatic heterocycles. The normalized spacial score (nSPS) is 12.1. The van der Waals surface area contributed by atoms with E-state index in [4.69, 9.17) is 21.4 Å². The summed E-state index contributed by atoms with van der Waals surface area (Å²) in [6.07, 6.45) is 7.52. The fourth-order valence-electron chi connectivity index (χ4n) is 3.70. The molecule has 0 aromatic heterocycles. The van der Waals surface area contributed by atoms with Gasteiger partial charge in [0.15, 0.2) is 0 Å². The number of aryl methyl sites for hydroxylation is 2. The minimum absolute atomic E-state index is 0.0525. The van der Waals surface area contributed by atoms with Crippen molar-refractivity contribution in [2.75, 3.05) is 24.6 Å². The van der Waals surface area contributed by atoms with E-state index in [0.29, 0.717) is 43.6 Å². The third-order valence-corrected chi connectivity index (χ3v) is 5.56. The number of para-hydroxylation sites is 1.